The molecule has 0 bridgehead atoms. The van der Waals surface area contributed by atoms with Crippen molar-refractivity contribution in [2.75, 3.05) is 19.6 Å². The normalized spacial score (nSPS) is 17.6. The highest BCUT2D eigenvalue weighted by Gasteiger charge is 2.27. The highest BCUT2D eigenvalue weighted by molar-refractivity contribution is 5.99. The van der Waals surface area contributed by atoms with Crippen LogP contribution in [0, 0.1) is 27.7 Å². The van der Waals surface area contributed by atoms with E-state index >= 15 is 0 Å². The predicted octanol–water partition coefficient (Wildman–Crippen LogP) is 4.16. The predicted molar refractivity (Wildman–Crippen MR) is 112 cm³/mol. The molecule has 1 aromatic carbocycles. The van der Waals surface area contributed by atoms with E-state index in [1.807, 2.05) is 19.9 Å². The molecule has 29 heavy (non-hydrogen) atoms. The molecule has 1 unspecified atom stereocenters. The van der Waals surface area contributed by atoms with Gasteiger partial charge in [0.2, 0.25) is 5.89 Å². The minimum Gasteiger partial charge on any atom is -0.339 e. The molecule has 2 aromatic heterocycles. The molecule has 1 aliphatic rings. The van der Waals surface area contributed by atoms with Crippen molar-refractivity contribution < 1.29 is 9.32 Å². The highest BCUT2D eigenvalue weighted by atomic mass is 16.5. The molecule has 3 aromatic rings. The van der Waals surface area contributed by atoms with Gasteiger partial charge in [-0.05, 0) is 65.3 Å². The smallest absolute Gasteiger partial charge is 0.231 e. The Hall–Kier alpha value is -2.73. The standard InChI is InChI=1S/C23H28N4O2/c1-15-7-9-20(10-8-15)27-16(2)12-21(17(27)3)22(28)14-26-11-5-6-19(13-26)23-24-18(4)25-29-23/h7-10,12,19H,5-6,11,13-14H2,1-4H3. The maximum atomic E-state index is 13.1. The molecule has 1 fully saturated rings. The fourth-order valence-corrected chi connectivity index (χ4v) is 4.30. The first-order chi connectivity index (χ1) is 13.9. The van der Waals surface area contributed by atoms with Crippen LogP contribution in [0.25, 0.3) is 5.69 Å². The molecular weight excluding hydrogens is 364 g/mol. The molecule has 1 aliphatic heterocycles. The quantitative estimate of drug-likeness (QED) is 0.610. The summed E-state index contributed by atoms with van der Waals surface area (Å²) in [6, 6.07) is 10.4. The molecule has 0 spiro atoms. The van der Waals surface area contributed by atoms with E-state index in [-0.39, 0.29) is 11.7 Å². The van der Waals surface area contributed by atoms with Gasteiger partial charge in [-0.1, -0.05) is 22.9 Å². The summed E-state index contributed by atoms with van der Waals surface area (Å²) in [7, 11) is 0. The first kappa shape index (κ1) is 19.6. The van der Waals surface area contributed by atoms with Gasteiger partial charge in [-0.15, -0.1) is 0 Å². The zero-order valence-electron chi connectivity index (χ0n) is 17.6. The van der Waals surface area contributed by atoms with Gasteiger partial charge in [-0.25, -0.2) is 0 Å². The van der Waals surface area contributed by atoms with Crippen molar-refractivity contribution >= 4 is 5.78 Å². The van der Waals surface area contributed by atoms with E-state index in [4.69, 9.17) is 4.52 Å². The van der Waals surface area contributed by atoms with E-state index in [9.17, 15) is 4.79 Å². The summed E-state index contributed by atoms with van der Waals surface area (Å²) in [5.41, 5.74) is 5.20. The Bertz CT molecular complexity index is 1020. The van der Waals surface area contributed by atoms with Crippen molar-refractivity contribution in [2.45, 2.75) is 46.5 Å². The number of hydrogen-bond donors (Lipinski definition) is 0. The Labute approximate surface area is 171 Å². The van der Waals surface area contributed by atoms with Gasteiger partial charge >= 0.3 is 0 Å². The molecule has 4 rings (SSSR count). The topological polar surface area (TPSA) is 64.2 Å². The second-order valence-electron chi connectivity index (χ2n) is 8.13. The minimum atomic E-state index is 0.166. The zero-order chi connectivity index (χ0) is 20.5. The number of rotatable bonds is 5. The van der Waals surface area contributed by atoms with Crippen LogP contribution < -0.4 is 0 Å². The second-order valence-corrected chi connectivity index (χ2v) is 8.13. The number of piperidine rings is 1. The monoisotopic (exact) mass is 392 g/mol. The lowest BCUT2D eigenvalue weighted by Crippen LogP contribution is -2.38. The number of likely N-dealkylation sites (tertiary alicyclic amines) is 1. The Kier molecular flexibility index (Phi) is 5.37. The van der Waals surface area contributed by atoms with E-state index < -0.39 is 0 Å². The molecule has 0 aliphatic carbocycles. The summed E-state index contributed by atoms with van der Waals surface area (Å²) in [6.45, 7) is 10.1. The van der Waals surface area contributed by atoms with Crippen LogP contribution in [0.2, 0.25) is 0 Å². The van der Waals surface area contributed by atoms with Crippen LogP contribution in [0.5, 0.6) is 0 Å². The van der Waals surface area contributed by atoms with Gasteiger partial charge < -0.3 is 9.09 Å². The molecule has 1 saturated heterocycles. The van der Waals surface area contributed by atoms with Crippen LogP contribution >= 0.6 is 0 Å². The molecule has 1 atom stereocenters. The van der Waals surface area contributed by atoms with Gasteiger partial charge in [0.25, 0.3) is 0 Å². The number of nitrogens with zero attached hydrogens (tertiary/aromatic N) is 4. The van der Waals surface area contributed by atoms with Crippen molar-refractivity contribution in [1.29, 1.82) is 0 Å². The van der Waals surface area contributed by atoms with Crippen LogP contribution in [-0.4, -0.2) is 45.0 Å². The van der Waals surface area contributed by atoms with E-state index in [0.717, 1.165) is 48.6 Å². The Balaban J connectivity index is 1.50. The first-order valence-corrected chi connectivity index (χ1v) is 10.2. The number of aryl methyl sites for hydroxylation is 3. The van der Waals surface area contributed by atoms with Crippen LogP contribution in [0.15, 0.2) is 34.9 Å². The van der Waals surface area contributed by atoms with Crippen LogP contribution in [0.1, 0.15) is 57.8 Å². The van der Waals surface area contributed by atoms with Gasteiger partial charge in [0.15, 0.2) is 11.6 Å². The van der Waals surface area contributed by atoms with Gasteiger partial charge in [-0.3, -0.25) is 9.69 Å². The van der Waals surface area contributed by atoms with Gasteiger partial charge in [0, 0.05) is 29.2 Å². The third-order valence-corrected chi connectivity index (χ3v) is 5.79. The number of carbonyl (C=O) groups excluding carboxylic acids is 1. The lowest BCUT2D eigenvalue weighted by atomic mass is 9.97. The molecule has 6 heteroatoms. The first-order valence-electron chi connectivity index (χ1n) is 10.2. The minimum absolute atomic E-state index is 0.166. The summed E-state index contributed by atoms with van der Waals surface area (Å²) in [4.78, 5) is 19.7. The Morgan fingerprint density at radius 2 is 1.93 bits per heavy atom. The van der Waals surface area contributed by atoms with Crippen molar-refractivity contribution in [3.63, 3.8) is 0 Å². The average molecular weight is 393 g/mol. The maximum absolute atomic E-state index is 13.1. The molecule has 3 heterocycles. The largest absolute Gasteiger partial charge is 0.339 e. The van der Waals surface area contributed by atoms with Gasteiger partial charge in [0.1, 0.15) is 0 Å². The molecule has 6 nitrogen and oxygen atoms in total. The highest BCUT2D eigenvalue weighted by Crippen LogP contribution is 2.27. The van der Waals surface area contributed by atoms with Gasteiger partial charge in [0.05, 0.1) is 12.5 Å². The fraction of sp³-hybridized carbons (Fsp3) is 0.435. The van der Waals surface area contributed by atoms with Crippen LogP contribution in [-0.2, 0) is 0 Å². The number of carbonyl (C=O) groups is 1. The molecule has 152 valence electrons. The molecule has 0 radical (unpaired) electrons. The summed E-state index contributed by atoms with van der Waals surface area (Å²) in [6.07, 6.45) is 2.05. The number of benzene rings is 1. The average Bonchev–Trinajstić information content (AvgIpc) is 3.26. The fourth-order valence-electron chi connectivity index (χ4n) is 4.30. The number of Topliss-reactive ketones (excluding diaryl/α,β-unsaturated/α-hetero) is 1. The van der Waals surface area contributed by atoms with Crippen molar-refractivity contribution in [2.24, 2.45) is 0 Å². The van der Waals surface area contributed by atoms with E-state index in [2.05, 4.69) is 57.7 Å². The number of hydrogen-bond acceptors (Lipinski definition) is 5. The van der Waals surface area contributed by atoms with E-state index in [1.165, 1.54) is 5.56 Å². The van der Waals surface area contributed by atoms with Crippen molar-refractivity contribution in [1.82, 2.24) is 19.6 Å². The zero-order valence-corrected chi connectivity index (χ0v) is 17.6. The third kappa shape index (κ3) is 4.03. The Morgan fingerprint density at radius 3 is 2.62 bits per heavy atom. The van der Waals surface area contributed by atoms with E-state index in [0.29, 0.717) is 18.3 Å². The van der Waals surface area contributed by atoms with Crippen LogP contribution in [0.3, 0.4) is 0 Å². The van der Waals surface area contributed by atoms with Gasteiger partial charge in [-0.2, -0.15) is 4.98 Å². The summed E-state index contributed by atoms with van der Waals surface area (Å²) in [5, 5.41) is 3.91. The summed E-state index contributed by atoms with van der Waals surface area (Å²) >= 11 is 0. The maximum Gasteiger partial charge on any atom is 0.231 e. The van der Waals surface area contributed by atoms with Crippen molar-refractivity contribution in [3.8, 4) is 5.69 Å². The third-order valence-electron chi connectivity index (χ3n) is 5.79. The summed E-state index contributed by atoms with van der Waals surface area (Å²) < 4.78 is 7.52. The molecule has 0 N–H and O–H groups in total. The number of ketones is 1. The lowest BCUT2D eigenvalue weighted by Gasteiger charge is -2.30. The lowest BCUT2D eigenvalue weighted by molar-refractivity contribution is 0.0898. The van der Waals surface area contributed by atoms with Crippen molar-refractivity contribution in [3.05, 3.63) is 64.6 Å². The van der Waals surface area contributed by atoms with Crippen LogP contribution in [0.4, 0.5) is 0 Å². The number of aromatic nitrogens is 3. The summed E-state index contributed by atoms with van der Waals surface area (Å²) in [5.74, 6) is 1.73. The molecule has 0 amide bonds. The Morgan fingerprint density at radius 1 is 1.17 bits per heavy atom. The second kappa shape index (κ2) is 7.95. The molecular formula is C23H28N4O2. The molecule has 0 saturated carbocycles. The van der Waals surface area contributed by atoms with E-state index in [1.54, 1.807) is 0 Å². The SMILES string of the molecule is Cc1ccc(-n2c(C)cc(C(=O)CN3CCCC(c4nc(C)no4)C3)c2C)cc1.